The summed E-state index contributed by atoms with van der Waals surface area (Å²) >= 11 is 1.66. The topological polar surface area (TPSA) is 47.0 Å². The molecule has 0 saturated carbocycles. The molecule has 1 aliphatic rings. The lowest BCUT2D eigenvalue weighted by Crippen LogP contribution is -2.11. The maximum absolute atomic E-state index is 5.75. The Labute approximate surface area is 94.1 Å². The minimum Gasteiger partial charge on any atom is -0.368 e. The van der Waals surface area contributed by atoms with Crippen LogP contribution in [0, 0.1) is 0 Å². The van der Waals surface area contributed by atoms with Crippen molar-refractivity contribution < 1.29 is 4.74 Å². The van der Waals surface area contributed by atoms with Gasteiger partial charge in [-0.2, -0.15) is 0 Å². The average Bonchev–Trinajstić information content (AvgIpc) is 2.83. The zero-order valence-electron chi connectivity index (χ0n) is 9.19. The summed E-state index contributed by atoms with van der Waals surface area (Å²) in [5, 5.41) is 13.7. The van der Waals surface area contributed by atoms with Crippen molar-refractivity contribution in [2.75, 3.05) is 6.54 Å². The number of hydrogen-bond acceptors (Lipinski definition) is 5. The summed E-state index contributed by atoms with van der Waals surface area (Å²) in [6.45, 7) is 5.98. The maximum Gasteiger partial charge on any atom is 0.146 e. The van der Waals surface area contributed by atoms with E-state index in [1.165, 1.54) is 0 Å². The lowest BCUT2D eigenvalue weighted by Gasteiger charge is -2.05. The van der Waals surface area contributed by atoms with Crippen LogP contribution < -0.4 is 5.32 Å². The van der Waals surface area contributed by atoms with Gasteiger partial charge < -0.3 is 10.1 Å². The van der Waals surface area contributed by atoms with Gasteiger partial charge in [-0.1, -0.05) is 18.3 Å². The molecule has 1 aromatic heterocycles. The number of nitrogens with zero attached hydrogens (tertiary/aromatic N) is 2. The van der Waals surface area contributed by atoms with Gasteiger partial charge in [0.15, 0.2) is 0 Å². The van der Waals surface area contributed by atoms with Gasteiger partial charge in [0.2, 0.25) is 0 Å². The molecule has 0 amide bonds. The molecule has 2 atom stereocenters. The van der Waals surface area contributed by atoms with Gasteiger partial charge in [-0.05, 0) is 26.3 Å². The molecule has 1 aliphatic heterocycles. The highest BCUT2D eigenvalue weighted by atomic mass is 32.1. The van der Waals surface area contributed by atoms with E-state index in [4.69, 9.17) is 4.74 Å². The van der Waals surface area contributed by atoms with E-state index in [2.05, 4.69) is 29.4 Å². The second kappa shape index (κ2) is 5.01. The minimum absolute atomic E-state index is 0.188. The van der Waals surface area contributed by atoms with E-state index < -0.39 is 0 Å². The van der Waals surface area contributed by atoms with Gasteiger partial charge in [-0.25, -0.2) is 0 Å². The second-order valence-corrected chi connectivity index (χ2v) is 4.92. The molecule has 0 aliphatic carbocycles. The third-order valence-corrected chi connectivity index (χ3v) is 3.53. The first kappa shape index (κ1) is 11.0. The predicted molar refractivity (Wildman–Crippen MR) is 59.8 cm³/mol. The van der Waals surface area contributed by atoms with Gasteiger partial charge in [-0.15, -0.1) is 10.2 Å². The molecule has 0 radical (unpaired) electrons. The van der Waals surface area contributed by atoms with Crippen LogP contribution in [0.3, 0.4) is 0 Å². The summed E-state index contributed by atoms with van der Waals surface area (Å²) in [6, 6.07) is 0. The first-order valence-electron chi connectivity index (χ1n) is 5.48. The van der Waals surface area contributed by atoms with Crippen LogP contribution in [0.15, 0.2) is 0 Å². The number of aromatic nitrogens is 2. The zero-order valence-corrected chi connectivity index (χ0v) is 10.0. The molecule has 1 N–H and O–H groups in total. The summed E-state index contributed by atoms with van der Waals surface area (Å²) in [4.78, 5) is 0. The number of rotatable bonds is 4. The highest BCUT2D eigenvalue weighted by molar-refractivity contribution is 7.11. The molecule has 84 valence electrons. The van der Waals surface area contributed by atoms with Crippen LogP contribution in [0.4, 0.5) is 0 Å². The van der Waals surface area contributed by atoms with E-state index in [9.17, 15) is 0 Å². The standard InChI is InChI=1S/C10H17N3OS/c1-3-11-6-9-12-13-10(15-9)8-5-4-7(2)14-8/h7-8,11H,3-6H2,1-2H3. The lowest BCUT2D eigenvalue weighted by molar-refractivity contribution is 0.0550. The van der Waals surface area contributed by atoms with E-state index in [1.807, 2.05) is 0 Å². The highest BCUT2D eigenvalue weighted by Crippen LogP contribution is 2.33. The first-order valence-corrected chi connectivity index (χ1v) is 6.29. The average molecular weight is 227 g/mol. The van der Waals surface area contributed by atoms with Crippen LogP contribution >= 0.6 is 11.3 Å². The molecule has 1 fully saturated rings. The molecular formula is C10H17N3OS. The third-order valence-electron chi connectivity index (χ3n) is 2.52. The molecule has 5 heteroatoms. The highest BCUT2D eigenvalue weighted by Gasteiger charge is 2.26. The van der Waals surface area contributed by atoms with Crippen molar-refractivity contribution in [2.45, 2.75) is 45.4 Å². The van der Waals surface area contributed by atoms with Crippen LogP contribution in [-0.2, 0) is 11.3 Å². The largest absolute Gasteiger partial charge is 0.368 e. The van der Waals surface area contributed by atoms with Crippen molar-refractivity contribution in [1.29, 1.82) is 0 Å². The Bertz CT molecular complexity index is 315. The quantitative estimate of drug-likeness (QED) is 0.853. The first-order chi connectivity index (χ1) is 7.29. The Morgan fingerprint density at radius 1 is 1.47 bits per heavy atom. The molecular weight excluding hydrogens is 210 g/mol. The van der Waals surface area contributed by atoms with E-state index in [0.29, 0.717) is 6.10 Å². The summed E-state index contributed by atoms with van der Waals surface area (Å²) in [5.74, 6) is 0. The number of ether oxygens (including phenoxy) is 1. The van der Waals surface area contributed by atoms with Gasteiger partial charge in [0.05, 0.1) is 6.10 Å². The van der Waals surface area contributed by atoms with E-state index in [-0.39, 0.29) is 6.10 Å². The summed E-state index contributed by atoms with van der Waals surface area (Å²) < 4.78 is 5.75. The van der Waals surface area contributed by atoms with Gasteiger partial charge >= 0.3 is 0 Å². The van der Waals surface area contributed by atoms with E-state index in [0.717, 1.165) is 35.9 Å². The molecule has 0 aromatic carbocycles. The van der Waals surface area contributed by atoms with Crippen LogP contribution in [0.5, 0.6) is 0 Å². The van der Waals surface area contributed by atoms with Crippen molar-refractivity contribution >= 4 is 11.3 Å². The van der Waals surface area contributed by atoms with Crippen LogP contribution in [0.25, 0.3) is 0 Å². The molecule has 4 nitrogen and oxygen atoms in total. The monoisotopic (exact) mass is 227 g/mol. The third kappa shape index (κ3) is 2.74. The Balaban J connectivity index is 1.94. The minimum atomic E-state index is 0.188. The molecule has 15 heavy (non-hydrogen) atoms. The molecule has 0 bridgehead atoms. The van der Waals surface area contributed by atoms with Gasteiger partial charge in [0.1, 0.15) is 16.1 Å². The fourth-order valence-electron chi connectivity index (χ4n) is 1.68. The van der Waals surface area contributed by atoms with Crippen LogP contribution in [0.2, 0.25) is 0 Å². The smallest absolute Gasteiger partial charge is 0.146 e. The molecule has 1 aromatic rings. The maximum atomic E-state index is 5.75. The van der Waals surface area contributed by atoms with Gasteiger partial charge in [0.25, 0.3) is 0 Å². The predicted octanol–water partition coefficient (Wildman–Crippen LogP) is 1.89. The van der Waals surface area contributed by atoms with Crippen molar-refractivity contribution in [3.63, 3.8) is 0 Å². The van der Waals surface area contributed by atoms with Crippen molar-refractivity contribution in [2.24, 2.45) is 0 Å². The van der Waals surface area contributed by atoms with Crippen LogP contribution in [-0.4, -0.2) is 22.8 Å². The van der Waals surface area contributed by atoms with Gasteiger partial charge in [0, 0.05) is 6.54 Å². The summed E-state index contributed by atoms with van der Waals surface area (Å²) in [7, 11) is 0. The van der Waals surface area contributed by atoms with Crippen molar-refractivity contribution in [3.8, 4) is 0 Å². The Hall–Kier alpha value is -0.520. The van der Waals surface area contributed by atoms with Gasteiger partial charge in [-0.3, -0.25) is 0 Å². The normalized spacial score (nSPS) is 26.0. The zero-order chi connectivity index (χ0) is 10.7. The van der Waals surface area contributed by atoms with E-state index >= 15 is 0 Å². The molecule has 0 spiro atoms. The Kier molecular flexibility index (Phi) is 3.66. The molecule has 1 saturated heterocycles. The van der Waals surface area contributed by atoms with Crippen molar-refractivity contribution in [3.05, 3.63) is 10.0 Å². The summed E-state index contributed by atoms with van der Waals surface area (Å²) in [5.41, 5.74) is 0. The summed E-state index contributed by atoms with van der Waals surface area (Å²) in [6.07, 6.45) is 2.77. The Morgan fingerprint density at radius 2 is 2.33 bits per heavy atom. The SMILES string of the molecule is CCNCc1nnc(C2CCC(C)O2)s1. The fourth-order valence-corrected chi connectivity index (χ4v) is 2.57. The number of nitrogens with one attached hydrogen (secondary N) is 1. The molecule has 2 unspecified atom stereocenters. The van der Waals surface area contributed by atoms with E-state index in [1.54, 1.807) is 11.3 Å². The molecule has 2 heterocycles. The number of hydrogen-bond donors (Lipinski definition) is 1. The Morgan fingerprint density at radius 3 is 3.00 bits per heavy atom. The van der Waals surface area contributed by atoms with Crippen molar-refractivity contribution in [1.82, 2.24) is 15.5 Å². The lowest BCUT2D eigenvalue weighted by atomic mass is 10.2. The molecule has 2 rings (SSSR count). The van der Waals surface area contributed by atoms with Crippen LogP contribution in [0.1, 0.15) is 42.8 Å². The second-order valence-electron chi connectivity index (χ2n) is 3.83. The fraction of sp³-hybridized carbons (Fsp3) is 0.800.